The molecule has 33 heavy (non-hydrogen) atoms. The highest BCUT2D eigenvalue weighted by atomic mass is 16.5. The molecule has 0 spiro atoms. The zero-order valence-electron chi connectivity index (χ0n) is 19.4. The number of unbranched alkanes of at least 4 members (excludes halogenated alkanes) is 1. The minimum absolute atomic E-state index is 0.0537. The Morgan fingerprint density at radius 2 is 1.45 bits per heavy atom. The van der Waals surface area contributed by atoms with Crippen LogP contribution in [0.4, 0.5) is 5.69 Å². The zero-order valence-corrected chi connectivity index (χ0v) is 19.4. The van der Waals surface area contributed by atoms with E-state index in [9.17, 15) is 4.79 Å². The summed E-state index contributed by atoms with van der Waals surface area (Å²) in [6, 6.07) is 28.7. The lowest BCUT2D eigenvalue weighted by atomic mass is 10.00. The average Bonchev–Trinajstić information content (AvgIpc) is 2.89. The number of nitrogens with zero attached hydrogens (tertiary/aromatic N) is 1. The van der Waals surface area contributed by atoms with Crippen molar-refractivity contribution in [1.29, 1.82) is 0 Å². The van der Waals surface area contributed by atoms with Crippen LogP contribution in [0.2, 0.25) is 0 Å². The van der Waals surface area contributed by atoms with Crippen molar-refractivity contribution in [3.8, 4) is 0 Å². The fraction of sp³-hybridized carbons (Fsp3) is 0.345. The standard InChI is InChI=1S/C29H33NO3/c1-2-3-22-32-29(31)25-14-16-26(17-15-25)30-20-18-27(19-21-30)33-28(23-10-6-4-7-11-23)24-12-8-5-9-13-24/h4-17,27-28H,2-3,18-22H2,1H3. The van der Waals surface area contributed by atoms with Gasteiger partial charge in [0.25, 0.3) is 0 Å². The van der Waals surface area contributed by atoms with Gasteiger partial charge in [0.05, 0.1) is 18.3 Å². The Morgan fingerprint density at radius 1 is 0.879 bits per heavy atom. The molecule has 1 aliphatic heterocycles. The highest BCUT2D eigenvalue weighted by Crippen LogP contribution is 2.31. The SMILES string of the molecule is CCCCOC(=O)c1ccc(N2CCC(OC(c3ccccc3)c3ccccc3)CC2)cc1. The van der Waals surface area contributed by atoms with Crippen LogP contribution in [0.3, 0.4) is 0 Å². The predicted molar refractivity (Wildman–Crippen MR) is 133 cm³/mol. The predicted octanol–water partition coefficient (Wildman–Crippen LogP) is 6.42. The third kappa shape index (κ3) is 6.23. The van der Waals surface area contributed by atoms with Crippen LogP contribution in [0.5, 0.6) is 0 Å². The quantitative estimate of drug-likeness (QED) is 0.283. The van der Waals surface area contributed by atoms with E-state index in [0.717, 1.165) is 44.5 Å². The molecule has 172 valence electrons. The molecule has 0 aliphatic carbocycles. The molecule has 0 saturated carbocycles. The van der Waals surface area contributed by atoms with Gasteiger partial charge in [0.1, 0.15) is 6.10 Å². The molecule has 1 heterocycles. The summed E-state index contributed by atoms with van der Waals surface area (Å²) < 4.78 is 12.0. The second kappa shape index (κ2) is 11.7. The number of benzene rings is 3. The van der Waals surface area contributed by atoms with E-state index in [1.165, 1.54) is 11.1 Å². The van der Waals surface area contributed by atoms with Crippen molar-refractivity contribution in [2.45, 2.75) is 44.8 Å². The van der Waals surface area contributed by atoms with Crippen LogP contribution < -0.4 is 4.90 Å². The molecule has 3 aromatic rings. The number of rotatable bonds is 9. The van der Waals surface area contributed by atoms with Crippen molar-refractivity contribution in [2.24, 2.45) is 0 Å². The first-order valence-electron chi connectivity index (χ1n) is 12.0. The van der Waals surface area contributed by atoms with Crippen LogP contribution in [0.1, 0.15) is 60.2 Å². The van der Waals surface area contributed by atoms with Gasteiger partial charge in [0, 0.05) is 18.8 Å². The van der Waals surface area contributed by atoms with Gasteiger partial charge >= 0.3 is 5.97 Å². The van der Waals surface area contributed by atoms with E-state index in [1.807, 2.05) is 36.4 Å². The van der Waals surface area contributed by atoms with Crippen molar-refractivity contribution >= 4 is 11.7 Å². The lowest BCUT2D eigenvalue weighted by molar-refractivity contribution is -0.00480. The second-order valence-electron chi connectivity index (χ2n) is 8.56. The number of piperidine rings is 1. The van der Waals surface area contributed by atoms with Crippen molar-refractivity contribution in [3.63, 3.8) is 0 Å². The summed E-state index contributed by atoms with van der Waals surface area (Å²) >= 11 is 0. The molecule has 1 fully saturated rings. The van der Waals surface area contributed by atoms with Gasteiger partial charge in [0.2, 0.25) is 0 Å². The van der Waals surface area contributed by atoms with Crippen LogP contribution in [-0.2, 0) is 9.47 Å². The topological polar surface area (TPSA) is 38.8 Å². The Balaban J connectivity index is 1.35. The first kappa shape index (κ1) is 23.1. The summed E-state index contributed by atoms with van der Waals surface area (Å²) in [5, 5.41) is 0. The molecule has 0 unspecified atom stereocenters. The van der Waals surface area contributed by atoms with Crippen molar-refractivity contribution in [2.75, 3.05) is 24.6 Å². The van der Waals surface area contributed by atoms with E-state index in [2.05, 4.69) is 60.4 Å². The highest BCUT2D eigenvalue weighted by molar-refractivity contribution is 5.89. The fourth-order valence-corrected chi connectivity index (χ4v) is 4.25. The van der Waals surface area contributed by atoms with Crippen molar-refractivity contribution in [3.05, 3.63) is 102 Å². The van der Waals surface area contributed by atoms with Gasteiger partial charge in [0.15, 0.2) is 0 Å². The average molecular weight is 444 g/mol. The van der Waals surface area contributed by atoms with Crippen molar-refractivity contribution in [1.82, 2.24) is 0 Å². The second-order valence-corrected chi connectivity index (χ2v) is 8.56. The molecule has 0 aromatic heterocycles. The van der Waals surface area contributed by atoms with E-state index in [-0.39, 0.29) is 18.2 Å². The third-order valence-corrected chi connectivity index (χ3v) is 6.17. The minimum atomic E-state index is -0.241. The van der Waals surface area contributed by atoms with Gasteiger partial charge in [-0.3, -0.25) is 0 Å². The Bertz CT molecular complexity index is 941. The first-order chi connectivity index (χ1) is 16.2. The molecule has 0 atom stereocenters. The smallest absolute Gasteiger partial charge is 0.338 e. The maximum atomic E-state index is 12.1. The Morgan fingerprint density at radius 3 is 2.00 bits per heavy atom. The number of anilines is 1. The molecule has 1 aliphatic rings. The summed E-state index contributed by atoms with van der Waals surface area (Å²) in [4.78, 5) is 14.5. The summed E-state index contributed by atoms with van der Waals surface area (Å²) in [5.41, 5.74) is 4.13. The van der Waals surface area contributed by atoms with E-state index in [1.54, 1.807) is 0 Å². The van der Waals surface area contributed by atoms with Gasteiger partial charge in [-0.2, -0.15) is 0 Å². The number of hydrogen-bond acceptors (Lipinski definition) is 4. The number of carbonyl (C=O) groups is 1. The minimum Gasteiger partial charge on any atom is -0.462 e. The molecule has 0 radical (unpaired) electrons. The van der Waals surface area contributed by atoms with Gasteiger partial charge in [-0.15, -0.1) is 0 Å². The molecule has 4 nitrogen and oxygen atoms in total. The summed E-state index contributed by atoms with van der Waals surface area (Å²) in [6.07, 6.45) is 4.01. The van der Waals surface area contributed by atoms with E-state index in [0.29, 0.717) is 12.2 Å². The molecule has 3 aromatic carbocycles. The first-order valence-corrected chi connectivity index (χ1v) is 12.0. The maximum Gasteiger partial charge on any atom is 0.338 e. The molecule has 1 saturated heterocycles. The maximum absolute atomic E-state index is 12.1. The Kier molecular flexibility index (Phi) is 8.15. The van der Waals surface area contributed by atoms with Crippen LogP contribution >= 0.6 is 0 Å². The number of carbonyl (C=O) groups excluding carboxylic acids is 1. The molecular weight excluding hydrogens is 410 g/mol. The number of ether oxygens (including phenoxy) is 2. The van der Waals surface area contributed by atoms with Gasteiger partial charge < -0.3 is 14.4 Å². The summed E-state index contributed by atoms with van der Waals surface area (Å²) in [5.74, 6) is -0.241. The number of hydrogen-bond donors (Lipinski definition) is 0. The summed E-state index contributed by atoms with van der Waals surface area (Å²) in [7, 11) is 0. The molecule has 0 N–H and O–H groups in total. The van der Waals surface area contributed by atoms with E-state index < -0.39 is 0 Å². The van der Waals surface area contributed by atoms with Gasteiger partial charge in [-0.25, -0.2) is 4.79 Å². The molecule has 0 amide bonds. The van der Waals surface area contributed by atoms with Crippen LogP contribution in [0.25, 0.3) is 0 Å². The fourth-order valence-electron chi connectivity index (χ4n) is 4.25. The van der Waals surface area contributed by atoms with Gasteiger partial charge in [-0.05, 0) is 54.7 Å². The monoisotopic (exact) mass is 443 g/mol. The molecular formula is C29H33NO3. The normalized spacial score (nSPS) is 14.4. The number of esters is 1. The summed E-state index contributed by atoms with van der Waals surface area (Å²) in [6.45, 7) is 4.43. The van der Waals surface area contributed by atoms with Crippen LogP contribution in [0.15, 0.2) is 84.9 Å². The van der Waals surface area contributed by atoms with E-state index in [4.69, 9.17) is 9.47 Å². The van der Waals surface area contributed by atoms with Crippen molar-refractivity contribution < 1.29 is 14.3 Å². The molecule has 4 heteroatoms. The third-order valence-electron chi connectivity index (χ3n) is 6.17. The Labute approximate surface area is 197 Å². The van der Waals surface area contributed by atoms with Crippen LogP contribution in [0, 0.1) is 0 Å². The van der Waals surface area contributed by atoms with Gasteiger partial charge in [-0.1, -0.05) is 74.0 Å². The highest BCUT2D eigenvalue weighted by Gasteiger charge is 2.25. The lowest BCUT2D eigenvalue weighted by Gasteiger charge is -2.35. The Hall–Kier alpha value is -3.11. The molecule has 4 rings (SSSR count). The zero-order chi connectivity index (χ0) is 22.9. The molecule has 0 bridgehead atoms. The van der Waals surface area contributed by atoms with E-state index >= 15 is 0 Å². The lowest BCUT2D eigenvalue weighted by Crippen LogP contribution is -2.37. The largest absolute Gasteiger partial charge is 0.462 e. The van der Waals surface area contributed by atoms with Crippen LogP contribution in [-0.4, -0.2) is 31.8 Å².